The molecule has 1 N–H and O–H groups in total. The van der Waals surface area contributed by atoms with Gasteiger partial charge in [-0.05, 0) is 43.5 Å². The second-order valence-corrected chi connectivity index (χ2v) is 7.69. The first-order chi connectivity index (χ1) is 10.5. The van der Waals surface area contributed by atoms with E-state index in [2.05, 4.69) is 4.90 Å². The van der Waals surface area contributed by atoms with Gasteiger partial charge < -0.3 is 10.0 Å². The molecule has 1 aromatic carbocycles. The van der Waals surface area contributed by atoms with Crippen LogP contribution in [0.2, 0.25) is 0 Å². The number of hydrogen-bond donors (Lipinski definition) is 1. The molecule has 2 saturated heterocycles. The molecule has 0 spiro atoms. The second kappa shape index (κ2) is 5.89. The molecule has 0 aliphatic carbocycles. The molecule has 1 atom stereocenters. The molecule has 2 aliphatic rings. The van der Waals surface area contributed by atoms with Crippen LogP contribution in [0.4, 0.5) is 5.69 Å². The van der Waals surface area contributed by atoms with Gasteiger partial charge in [0.1, 0.15) is 0 Å². The smallest absolute Gasteiger partial charge is 0.266 e. The Bertz CT molecular complexity index is 651. The first-order valence-corrected chi connectivity index (χ1v) is 9.01. The Morgan fingerprint density at radius 2 is 1.68 bits per heavy atom. The molecule has 0 bridgehead atoms. The minimum absolute atomic E-state index is 0.0932. The molecular weight excluding hydrogens is 304 g/mol. The van der Waals surface area contributed by atoms with Crippen molar-refractivity contribution in [2.24, 2.45) is 0 Å². The normalized spacial score (nSPS) is 23.1. The van der Waals surface area contributed by atoms with Crippen LogP contribution in [0.15, 0.2) is 29.2 Å². The van der Waals surface area contributed by atoms with Crippen molar-refractivity contribution in [3.05, 3.63) is 24.3 Å². The lowest BCUT2D eigenvalue weighted by Crippen LogP contribution is -2.33. The van der Waals surface area contributed by atoms with Gasteiger partial charge in [-0.15, -0.1) is 0 Å². The van der Waals surface area contributed by atoms with E-state index >= 15 is 0 Å². The predicted molar refractivity (Wildman–Crippen MR) is 82.0 cm³/mol. The van der Waals surface area contributed by atoms with Gasteiger partial charge in [0, 0.05) is 18.8 Å². The summed E-state index contributed by atoms with van der Waals surface area (Å²) in [4.78, 5) is 14.0. The second-order valence-electron chi connectivity index (χ2n) is 5.83. The van der Waals surface area contributed by atoms with Crippen molar-refractivity contribution in [2.75, 3.05) is 24.5 Å². The van der Waals surface area contributed by atoms with E-state index < -0.39 is 22.0 Å². The molecule has 1 aromatic rings. The molecule has 0 saturated carbocycles. The van der Waals surface area contributed by atoms with Crippen LogP contribution in [0, 0.1) is 0 Å². The maximum atomic E-state index is 12.5. The maximum Gasteiger partial charge on any atom is 0.266 e. The zero-order valence-corrected chi connectivity index (χ0v) is 13.1. The molecule has 1 amide bonds. The zero-order valence-electron chi connectivity index (χ0n) is 12.3. The van der Waals surface area contributed by atoms with Gasteiger partial charge in [-0.2, -0.15) is 0 Å². The fourth-order valence-electron chi connectivity index (χ4n) is 3.00. The summed E-state index contributed by atoms with van der Waals surface area (Å²) in [6.45, 7) is 1.82. The van der Waals surface area contributed by atoms with Crippen LogP contribution in [-0.2, 0) is 14.8 Å². The summed E-state index contributed by atoms with van der Waals surface area (Å²) < 4.78 is 25.7. The lowest BCUT2D eigenvalue weighted by atomic mass is 10.1. The van der Waals surface area contributed by atoms with Gasteiger partial charge in [0.25, 0.3) is 10.0 Å². The predicted octanol–water partition coefficient (Wildman–Crippen LogP) is 0.959. The lowest BCUT2D eigenvalue weighted by molar-refractivity contribution is -0.123. The van der Waals surface area contributed by atoms with Gasteiger partial charge in [-0.1, -0.05) is 0 Å². The topological polar surface area (TPSA) is 77.9 Å². The zero-order chi connectivity index (χ0) is 15.7. The monoisotopic (exact) mass is 324 g/mol. The largest absolute Gasteiger partial charge is 0.391 e. The molecule has 1 unspecified atom stereocenters. The number of carbonyl (C=O) groups excluding carboxylic acids is 1. The minimum atomic E-state index is -3.86. The third kappa shape index (κ3) is 2.83. The quantitative estimate of drug-likeness (QED) is 0.896. The fraction of sp³-hybridized carbons (Fsp3) is 0.533. The van der Waals surface area contributed by atoms with E-state index in [0.717, 1.165) is 35.9 Å². The minimum Gasteiger partial charge on any atom is -0.391 e. The number of amides is 1. The lowest BCUT2D eigenvalue weighted by Gasteiger charge is -2.29. The first-order valence-electron chi connectivity index (χ1n) is 7.57. The summed E-state index contributed by atoms with van der Waals surface area (Å²) in [5.74, 6) is -0.549. The Kier molecular flexibility index (Phi) is 4.10. The van der Waals surface area contributed by atoms with Crippen molar-refractivity contribution >= 4 is 21.6 Å². The highest BCUT2D eigenvalue weighted by Crippen LogP contribution is 2.25. The average molecular weight is 324 g/mol. The molecule has 2 heterocycles. The summed E-state index contributed by atoms with van der Waals surface area (Å²) in [7, 11) is -3.86. The highest BCUT2D eigenvalue weighted by molar-refractivity contribution is 7.89. The van der Waals surface area contributed by atoms with Crippen LogP contribution in [0.1, 0.15) is 25.7 Å². The van der Waals surface area contributed by atoms with Crippen molar-refractivity contribution in [1.82, 2.24) is 4.31 Å². The molecule has 2 fully saturated rings. The average Bonchev–Trinajstić information content (AvgIpc) is 2.88. The Morgan fingerprint density at radius 3 is 2.23 bits per heavy atom. The highest BCUT2D eigenvalue weighted by Gasteiger charge is 2.37. The molecule has 0 aromatic heterocycles. The van der Waals surface area contributed by atoms with Crippen LogP contribution < -0.4 is 4.90 Å². The third-order valence-corrected chi connectivity index (χ3v) is 6.01. The maximum absolute atomic E-state index is 12.5. The van der Waals surface area contributed by atoms with E-state index in [0.29, 0.717) is 0 Å². The molecule has 3 rings (SSSR count). The van der Waals surface area contributed by atoms with Crippen molar-refractivity contribution in [3.63, 3.8) is 0 Å². The number of nitrogens with zero attached hydrogens (tertiary/aromatic N) is 2. The standard InChI is InChI=1S/C15H20N2O4S/c18-13-10-15(19)17(11-13)22(20,21)14-6-4-12(5-7-14)16-8-2-1-3-9-16/h4-7,13,18H,1-3,8-11H2. The van der Waals surface area contributed by atoms with Crippen LogP contribution in [0.25, 0.3) is 0 Å². The van der Waals surface area contributed by atoms with Crippen molar-refractivity contribution in [3.8, 4) is 0 Å². The van der Waals surface area contributed by atoms with Crippen LogP contribution in [-0.4, -0.2) is 49.5 Å². The third-order valence-electron chi connectivity index (χ3n) is 4.21. The van der Waals surface area contributed by atoms with Crippen molar-refractivity contribution in [2.45, 2.75) is 36.7 Å². The number of anilines is 1. The van der Waals surface area contributed by atoms with E-state index in [1.807, 2.05) is 0 Å². The number of aliphatic hydroxyl groups excluding tert-OH is 1. The molecule has 120 valence electrons. The Hall–Kier alpha value is -1.60. The summed E-state index contributed by atoms with van der Waals surface area (Å²) in [5.41, 5.74) is 1.01. The van der Waals surface area contributed by atoms with Crippen molar-refractivity contribution < 1.29 is 18.3 Å². The van der Waals surface area contributed by atoms with Gasteiger partial charge >= 0.3 is 0 Å². The van der Waals surface area contributed by atoms with Crippen molar-refractivity contribution in [1.29, 1.82) is 0 Å². The summed E-state index contributed by atoms with van der Waals surface area (Å²) in [6.07, 6.45) is 2.50. The summed E-state index contributed by atoms with van der Waals surface area (Å²) in [6, 6.07) is 6.65. The van der Waals surface area contributed by atoms with E-state index in [-0.39, 0.29) is 17.9 Å². The molecule has 22 heavy (non-hydrogen) atoms. The number of hydrogen-bond acceptors (Lipinski definition) is 5. The number of aliphatic hydroxyl groups is 1. The Morgan fingerprint density at radius 1 is 1.05 bits per heavy atom. The first kappa shape index (κ1) is 15.3. The van der Waals surface area contributed by atoms with E-state index in [9.17, 15) is 18.3 Å². The number of β-amino-alcohol motifs (C(OH)–C–C–N with tert-alkyl or cyclic N) is 1. The van der Waals surface area contributed by atoms with E-state index in [1.165, 1.54) is 18.6 Å². The van der Waals surface area contributed by atoms with Gasteiger partial charge in [-0.25, -0.2) is 12.7 Å². The number of piperidine rings is 1. The Balaban J connectivity index is 1.81. The van der Waals surface area contributed by atoms with Gasteiger partial charge in [0.15, 0.2) is 0 Å². The number of rotatable bonds is 3. The fourth-order valence-corrected chi connectivity index (χ4v) is 4.45. The SMILES string of the molecule is O=C1CC(O)CN1S(=O)(=O)c1ccc(N2CCCCC2)cc1. The number of carbonyl (C=O) groups is 1. The van der Waals surface area contributed by atoms with Crippen LogP contribution in [0.5, 0.6) is 0 Å². The van der Waals surface area contributed by atoms with Crippen LogP contribution >= 0.6 is 0 Å². The molecule has 2 aliphatic heterocycles. The molecular formula is C15H20N2O4S. The highest BCUT2D eigenvalue weighted by atomic mass is 32.2. The van der Waals surface area contributed by atoms with E-state index in [1.54, 1.807) is 12.1 Å². The van der Waals surface area contributed by atoms with E-state index in [4.69, 9.17) is 0 Å². The summed E-state index contributed by atoms with van der Waals surface area (Å²) in [5, 5.41) is 9.46. The van der Waals surface area contributed by atoms with Gasteiger partial charge in [-0.3, -0.25) is 4.79 Å². The number of benzene rings is 1. The Labute approximate surface area is 130 Å². The molecule has 7 heteroatoms. The van der Waals surface area contributed by atoms with Gasteiger partial charge in [0.2, 0.25) is 5.91 Å². The molecule has 0 radical (unpaired) electrons. The summed E-state index contributed by atoms with van der Waals surface area (Å²) >= 11 is 0. The van der Waals surface area contributed by atoms with Crippen LogP contribution in [0.3, 0.4) is 0 Å². The van der Waals surface area contributed by atoms with Gasteiger partial charge in [0.05, 0.1) is 24.0 Å². The number of sulfonamides is 1. The molecule has 6 nitrogen and oxygen atoms in total.